The van der Waals surface area contributed by atoms with E-state index in [0.29, 0.717) is 6.04 Å². The molecule has 2 heteroatoms. The lowest BCUT2D eigenvalue weighted by Gasteiger charge is -2.17. The molecule has 0 aliphatic carbocycles. The SMILES string of the molecule is C#CCCNC(C)CN(C)C. The number of hydrogen-bond acceptors (Lipinski definition) is 2. The lowest BCUT2D eigenvalue weighted by atomic mass is 10.3. The average molecular weight is 154 g/mol. The molecule has 0 aromatic rings. The summed E-state index contributed by atoms with van der Waals surface area (Å²) in [4.78, 5) is 2.16. The Bertz CT molecular complexity index is 124. The molecule has 0 saturated carbocycles. The van der Waals surface area contributed by atoms with Gasteiger partial charge in [-0.25, -0.2) is 0 Å². The number of likely N-dealkylation sites (N-methyl/N-ethyl adjacent to an activating group) is 1. The fourth-order valence-electron chi connectivity index (χ4n) is 1.00. The van der Waals surface area contributed by atoms with Crippen molar-refractivity contribution in [2.45, 2.75) is 19.4 Å². The quantitative estimate of drug-likeness (QED) is 0.459. The highest BCUT2D eigenvalue weighted by Gasteiger charge is 1.99. The first kappa shape index (κ1) is 10.5. The van der Waals surface area contributed by atoms with E-state index in [1.165, 1.54) is 0 Å². The molecule has 0 saturated heterocycles. The van der Waals surface area contributed by atoms with Crippen LogP contribution in [0.5, 0.6) is 0 Å². The van der Waals surface area contributed by atoms with Crippen LogP contribution in [-0.2, 0) is 0 Å². The molecule has 0 rings (SSSR count). The largest absolute Gasteiger partial charge is 0.312 e. The minimum atomic E-state index is 0.526. The van der Waals surface area contributed by atoms with E-state index in [-0.39, 0.29) is 0 Å². The monoisotopic (exact) mass is 154 g/mol. The minimum absolute atomic E-state index is 0.526. The van der Waals surface area contributed by atoms with Crippen LogP contribution < -0.4 is 5.32 Å². The van der Waals surface area contributed by atoms with Crippen molar-refractivity contribution in [2.24, 2.45) is 0 Å². The topological polar surface area (TPSA) is 15.3 Å². The van der Waals surface area contributed by atoms with Gasteiger partial charge in [0.25, 0.3) is 0 Å². The van der Waals surface area contributed by atoms with Crippen LogP contribution in [0.2, 0.25) is 0 Å². The number of terminal acetylenes is 1. The first-order chi connectivity index (χ1) is 5.16. The summed E-state index contributed by atoms with van der Waals surface area (Å²) in [5, 5.41) is 3.33. The maximum atomic E-state index is 5.12. The van der Waals surface area contributed by atoms with Gasteiger partial charge < -0.3 is 10.2 Å². The Kier molecular flexibility index (Phi) is 5.91. The Labute approximate surface area is 70.0 Å². The summed E-state index contributed by atoms with van der Waals surface area (Å²) < 4.78 is 0. The molecule has 0 amide bonds. The maximum Gasteiger partial charge on any atom is 0.0212 e. The molecule has 0 fully saturated rings. The van der Waals surface area contributed by atoms with E-state index in [1.807, 2.05) is 0 Å². The first-order valence-corrected chi connectivity index (χ1v) is 3.98. The highest BCUT2D eigenvalue weighted by molar-refractivity contribution is 4.84. The van der Waals surface area contributed by atoms with Crippen LogP contribution in [0, 0.1) is 12.3 Å². The second-order valence-corrected chi connectivity index (χ2v) is 3.07. The summed E-state index contributed by atoms with van der Waals surface area (Å²) in [6.45, 7) is 4.15. The Hall–Kier alpha value is -0.520. The van der Waals surface area contributed by atoms with Gasteiger partial charge in [0, 0.05) is 25.6 Å². The molecule has 11 heavy (non-hydrogen) atoms. The van der Waals surface area contributed by atoms with Gasteiger partial charge >= 0.3 is 0 Å². The lowest BCUT2D eigenvalue weighted by Crippen LogP contribution is -2.36. The predicted molar refractivity (Wildman–Crippen MR) is 49.5 cm³/mol. The van der Waals surface area contributed by atoms with Crippen LogP contribution in [-0.4, -0.2) is 38.1 Å². The molecule has 0 radical (unpaired) electrons. The van der Waals surface area contributed by atoms with Crippen molar-refractivity contribution in [2.75, 3.05) is 27.2 Å². The van der Waals surface area contributed by atoms with Crippen molar-refractivity contribution >= 4 is 0 Å². The Morgan fingerprint density at radius 1 is 1.55 bits per heavy atom. The molecule has 0 aromatic heterocycles. The summed E-state index contributed by atoms with van der Waals surface area (Å²) in [6, 6.07) is 0.526. The Morgan fingerprint density at radius 2 is 2.18 bits per heavy atom. The molecule has 0 aromatic carbocycles. The smallest absolute Gasteiger partial charge is 0.0212 e. The van der Waals surface area contributed by atoms with Gasteiger partial charge in [0.05, 0.1) is 0 Å². The summed E-state index contributed by atoms with van der Waals surface area (Å²) in [5.41, 5.74) is 0. The summed E-state index contributed by atoms with van der Waals surface area (Å²) in [5.74, 6) is 2.60. The second-order valence-electron chi connectivity index (χ2n) is 3.07. The molecule has 1 atom stereocenters. The lowest BCUT2D eigenvalue weighted by molar-refractivity contribution is 0.352. The molecular weight excluding hydrogens is 136 g/mol. The van der Waals surface area contributed by atoms with Gasteiger partial charge in [-0.15, -0.1) is 12.3 Å². The van der Waals surface area contributed by atoms with Crippen molar-refractivity contribution in [3.8, 4) is 12.3 Å². The van der Waals surface area contributed by atoms with E-state index < -0.39 is 0 Å². The van der Waals surface area contributed by atoms with Crippen molar-refractivity contribution < 1.29 is 0 Å². The van der Waals surface area contributed by atoms with Crippen molar-refractivity contribution in [3.05, 3.63) is 0 Å². The molecule has 1 N–H and O–H groups in total. The predicted octanol–water partition coefficient (Wildman–Crippen LogP) is 0.549. The van der Waals surface area contributed by atoms with Crippen LogP contribution in [0.4, 0.5) is 0 Å². The van der Waals surface area contributed by atoms with E-state index in [9.17, 15) is 0 Å². The van der Waals surface area contributed by atoms with Gasteiger partial charge in [-0.1, -0.05) is 0 Å². The van der Waals surface area contributed by atoms with Crippen molar-refractivity contribution in [1.82, 2.24) is 10.2 Å². The van der Waals surface area contributed by atoms with Crippen LogP contribution >= 0.6 is 0 Å². The maximum absolute atomic E-state index is 5.12. The summed E-state index contributed by atoms with van der Waals surface area (Å²) in [7, 11) is 4.14. The molecule has 64 valence electrons. The van der Waals surface area contributed by atoms with E-state index in [1.54, 1.807) is 0 Å². The second kappa shape index (κ2) is 6.21. The Balaban J connectivity index is 3.24. The van der Waals surface area contributed by atoms with E-state index in [2.05, 4.69) is 37.2 Å². The Morgan fingerprint density at radius 3 is 2.64 bits per heavy atom. The third-order valence-corrected chi connectivity index (χ3v) is 1.40. The zero-order valence-corrected chi connectivity index (χ0v) is 7.72. The normalized spacial score (nSPS) is 13.0. The molecule has 2 nitrogen and oxygen atoms in total. The van der Waals surface area contributed by atoms with Crippen LogP contribution in [0.25, 0.3) is 0 Å². The van der Waals surface area contributed by atoms with Gasteiger partial charge in [0.2, 0.25) is 0 Å². The zero-order chi connectivity index (χ0) is 8.69. The fourth-order valence-corrected chi connectivity index (χ4v) is 1.00. The molecular formula is C9H18N2. The minimum Gasteiger partial charge on any atom is -0.312 e. The molecule has 0 aliphatic heterocycles. The molecule has 1 unspecified atom stereocenters. The molecule has 0 aliphatic rings. The van der Waals surface area contributed by atoms with E-state index in [4.69, 9.17) is 6.42 Å². The molecule has 0 spiro atoms. The van der Waals surface area contributed by atoms with Gasteiger partial charge in [0.1, 0.15) is 0 Å². The highest BCUT2D eigenvalue weighted by atomic mass is 15.1. The van der Waals surface area contributed by atoms with Gasteiger partial charge in [0.15, 0.2) is 0 Å². The first-order valence-electron chi connectivity index (χ1n) is 3.98. The van der Waals surface area contributed by atoms with Gasteiger partial charge in [-0.05, 0) is 21.0 Å². The van der Waals surface area contributed by atoms with Crippen LogP contribution in [0.1, 0.15) is 13.3 Å². The average Bonchev–Trinajstić information content (AvgIpc) is 1.86. The van der Waals surface area contributed by atoms with Crippen molar-refractivity contribution in [1.29, 1.82) is 0 Å². The zero-order valence-electron chi connectivity index (χ0n) is 7.72. The number of nitrogens with zero attached hydrogens (tertiary/aromatic N) is 1. The van der Waals surface area contributed by atoms with Crippen LogP contribution in [0.15, 0.2) is 0 Å². The summed E-state index contributed by atoms with van der Waals surface area (Å²) >= 11 is 0. The molecule has 0 bridgehead atoms. The van der Waals surface area contributed by atoms with E-state index in [0.717, 1.165) is 19.5 Å². The van der Waals surface area contributed by atoms with Crippen molar-refractivity contribution in [3.63, 3.8) is 0 Å². The number of hydrogen-bond donors (Lipinski definition) is 1. The fraction of sp³-hybridized carbons (Fsp3) is 0.778. The third kappa shape index (κ3) is 7.38. The summed E-state index contributed by atoms with van der Waals surface area (Å²) in [6.07, 6.45) is 5.93. The van der Waals surface area contributed by atoms with Gasteiger partial charge in [-0.3, -0.25) is 0 Å². The molecule has 0 heterocycles. The third-order valence-electron chi connectivity index (χ3n) is 1.40. The standard InChI is InChI=1S/C9H18N2/c1-5-6-7-10-9(2)8-11(3)4/h1,9-10H,6-8H2,2-4H3. The van der Waals surface area contributed by atoms with Gasteiger partial charge in [-0.2, -0.15) is 0 Å². The van der Waals surface area contributed by atoms with E-state index >= 15 is 0 Å². The van der Waals surface area contributed by atoms with Crippen LogP contribution in [0.3, 0.4) is 0 Å². The number of nitrogens with one attached hydrogen (secondary N) is 1. The highest BCUT2D eigenvalue weighted by Crippen LogP contribution is 1.84. The number of rotatable bonds is 5.